The fourth-order valence-corrected chi connectivity index (χ4v) is 3.91. The number of fused-ring (bicyclic) bond motifs is 2. The average molecular weight is 415 g/mol. The Balaban J connectivity index is 1.51. The molecule has 0 aromatic heterocycles. The van der Waals surface area contributed by atoms with E-state index in [0.717, 1.165) is 41.8 Å². The Kier molecular flexibility index (Phi) is 6.03. The lowest BCUT2D eigenvalue weighted by Gasteiger charge is -2.24. The Bertz CT molecular complexity index is 1110. The number of ether oxygens (including phenoxy) is 1. The van der Waals surface area contributed by atoms with E-state index in [1.54, 1.807) is 11.8 Å². The normalized spacial score (nSPS) is 12.4. The van der Waals surface area contributed by atoms with Crippen LogP contribution in [0.15, 0.2) is 66.7 Å². The highest BCUT2D eigenvalue weighted by atomic mass is 16.5. The van der Waals surface area contributed by atoms with Crippen LogP contribution in [0.5, 0.6) is 5.75 Å². The molecule has 0 atom stereocenters. The molecule has 0 saturated heterocycles. The van der Waals surface area contributed by atoms with Crippen molar-refractivity contribution in [1.82, 2.24) is 0 Å². The van der Waals surface area contributed by atoms with Crippen molar-refractivity contribution in [3.05, 3.63) is 83.4 Å². The molecule has 0 aliphatic carbocycles. The third kappa shape index (κ3) is 4.61. The Morgan fingerprint density at radius 3 is 2.35 bits per heavy atom. The zero-order chi connectivity index (χ0) is 21.8. The quantitative estimate of drug-likeness (QED) is 0.636. The first kappa shape index (κ1) is 20.7. The molecule has 0 saturated carbocycles. The molecular formula is C26H26N2O3. The van der Waals surface area contributed by atoms with Crippen molar-refractivity contribution < 1.29 is 14.3 Å². The number of rotatable bonds is 5. The molecule has 1 N–H and O–H groups in total. The maximum atomic E-state index is 12.5. The third-order valence-electron chi connectivity index (χ3n) is 5.52. The monoisotopic (exact) mass is 414 g/mol. The summed E-state index contributed by atoms with van der Waals surface area (Å²) in [5.74, 6) is 0.356. The summed E-state index contributed by atoms with van der Waals surface area (Å²) in [4.78, 5) is 26.7. The number of aryl methyl sites for hydroxylation is 3. The molecule has 0 fully saturated rings. The molecule has 5 heteroatoms. The Labute approximate surface area is 182 Å². The van der Waals surface area contributed by atoms with E-state index in [9.17, 15) is 9.59 Å². The molecule has 0 unspecified atom stereocenters. The predicted octanol–water partition coefficient (Wildman–Crippen LogP) is 5.05. The largest absolute Gasteiger partial charge is 0.484 e. The second-order valence-electron chi connectivity index (χ2n) is 7.66. The molecule has 0 radical (unpaired) electrons. The van der Waals surface area contributed by atoms with Crippen LogP contribution in [-0.2, 0) is 28.9 Å². The van der Waals surface area contributed by atoms with Gasteiger partial charge < -0.3 is 10.1 Å². The van der Waals surface area contributed by atoms with E-state index in [-0.39, 0.29) is 18.4 Å². The fourth-order valence-electron chi connectivity index (χ4n) is 3.91. The van der Waals surface area contributed by atoms with Gasteiger partial charge in [-0.25, -0.2) is 0 Å². The maximum absolute atomic E-state index is 12.5. The fraction of sp³-hybridized carbons (Fsp3) is 0.231. The van der Waals surface area contributed by atoms with Gasteiger partial charge >= 0.3 is 0 Å². The topological polar surface area (TPSA) is 58.6 Å². The Hall–Kier alpha value is -3.60. The van der Waals surface area contributed by atoms with Gasteiger partial charge in [-0.3, -0.25) is 14.5 Å². The number of amides is 2. The molecule has 4 rings (SSSR count). The van der Waals surface area contributed by atoms with E-state index in [2.05, 4.69) is 18.3 Å². The first-order valence-corrected chi connectivity index (χ1v) is 10.6. The van der Waals surface area contributed by atoms with Gasteiger partial charge in [0.2, 0.25) is 5.91 Å². The predicted molar refractivity (Wildman–Crippen MR) is 123 cm³/mol. The Morgan fingerprint density at radius 2 is 1.65 bits per heavy atom. The van der Waals surface area contributed by atoms with Crippen molar-refractivity contribution >= 4 is 28.9 Å². The van der Waals surface area contributed by atoms with Crippen molar-refractivity contribution in [2.45, 2.75) is 33.1 Å². The van der Waals surface area contributed by atoms with Crippen molar-refractivity contribution in [2.75, 3.05) is 16.8 Å². The van der Waals surface area contributed by atoms with Gasteiger partial charge in [0.25, 0.3) is 5.91 Å². The van der Waals surface area contributed by atoms with E-state index in [4.69, 9.17) is 4.74 Å². The van der Waals surface area contributed by atoms with Crippen LogP contribution in [-0.4, -0.2) is 18.4 Å². The number of carbonyl (C=O) groups is 2. The van der Waals surface area contributed by atoms with E-state index in [0.29, 0.717) is 11.4 Å². The first-order chi connectivity index (χ1) is 15.0. The van der Waals surface area contributed by atoms with Crippen LogP contribution in [0.25, 0.3) is 0 Å². The van der Waals surface area contributed by atoms with Gasteiger partial charge in [0, 0.05) is 12.6 Å². The molecular weight excluding hydrogens is 388 g/mol. The number of nitrogens with zero attached hydrogens (tertiary/aromatic N) is 1. The summed E-state index contributed by atoms with van der Waals surface area (Å²) in [5, 5.41) is 2.89. The van der Waals surface area contributed by atoms with E-state index in [1.165, 1.54) is 5.56 Å². The number of nitrogens with one attached hydrogen (secondary N) is 1. The molecule has 1 heterocycles. The minimum absolute atomic E-state index is 0.0575. The molecule has 1 aliphatic rings. The summed E-state index contributed by atoms with van der Waals surface area (Å²) in [7, 11) is 0. The van der Waals surface area contributed by atoms with Crippen LogP contribution in [0.1, 0.15) is 30.5 Å². The van der Waals surface area contributed by atoms with Crippen molar-refractivity contribution in [3.8, 4) is 5.75 Å². The van der Waals surface area contributed by atoms with Crippen LogP contribution in [0.2, 0.25) is 0 Å². The van der Waals surface area contributed by atoms with Gasteiger partial charge in [0.05, 0.1) is 11.4 Å². The molecule has 2 amide bonds. The first-order valence-electron chi connectivity index (χ1n) is 10.6. The Morgan fingerprint density at radius 1 is 0.935 bits per heavy atom. The minimum atomic E-state index is -0.247. The van der Waals surface area contributed by atoms with Crippen molar-refractivity contribution in [1.29, 1.82) is 0 Å². The minimum Gasteiger partial charge on any atom is -0.484 e. The number of anilines is 3. The standard InChI is InChI=1S/C26H26N2O3/c1-3-19-8-14-23(15-9-19)31-17-26(30)27-22-13-12-21-11-10-20-6-4-5-7-24(20)28(18(2)29)25(21)16-22/h4-9,12-16H,3,10-11,17H2,1-2H3,(H,27,30). The zero-order valence-electron chi connectivity index (χ0n) is 17.9. The van der Waals surface area contributed by atoms with Gasteiger partial charge in [-0.2, -0.15) is 0 Å². The summed E-state index contributed by atoms with van der Waals surface area (Å²) in [6.45, 7) is 3.58. The zero-order valence-corrected chi connectivity index (χ0v) is 17.9. The second kappa shape index (κ2) is 9.04. The van der Waals surface area contributed by atoms with Crippen LogP contribution in [0, 0.1) is 0 Å². The number of carbonyl (C=O) groups excluding carboxylic acids is 2. The number of benzene rings is 3. The molecule has 3 aromatic carbocycles. The van der Waals surface area contributed by atoms with Crippen LogP contribution in [0.3, 0.4) is 0 Å². The molecule has 5 nitrogen and oxygen atoms in total. The second-order valence-corrected chi connectivity index (χ2v) is 7.66. The summed E-state index contributed by atoms with van der Waals surface area (Å²) >= 11 is 0. The summed E-state index contributed by atoms with van der Waals surface area (Å²) in [6, 6.07) is 21.4. The summed E-state index contributed by atoms with van der Waals surface area (Å²) in [6.07, 6.45) is 2.66. The molecule has 3 aromatic rings. The highest BCUT2D eigenvalue weighted by Gasteiger charge is 2.24. The smallest absolute Gasteiger partial charge is 0.262 e. The van der Waals surface area contributed by atoms with Crippen LogP contribution in [0.4, 0.5) is 17.1 Å². The lowest BCUT2D eigenvalue weighted by atomic mass is 10.0. The number of hydrogen-bond donors (Lipinski definition) is 1. The molecule has 0 bridgehead atoms. The molecule has 31 heavy (non-hydrogen) atoms. The maximum Gasteiger partial charge on any atom is 0.262 e. The van der Waals surface area contributed by atoms with Crippen molar-refractivity contribution in [3.63, 3.8) is 0 Å². The van der Waals surface area contributed by atoms with Crippen LogP contribution < -0.4 is 15.0 Å². The molecule has 158 valence electrons. The molecule has 0 spiro atoms. The third-order valence-corrected chi connectivity index (χ3v) is 5.52. The van der Waals surface area contributed by atoms with E-state index >= 15 is 0 Å². The summed E-state index contributed by atoms with van der Waals surface area (Å²) in [5.41, 5.74) is 5.79. The lowest BCUT2D eigenvalue weighted by molar-refractivity contribution is -0.118. The van der Waals surface area contributed by atoms with Gasteiger partial charge in [-0.1, -0.05) is 43.3 Å². The number of para-hydroxylation sites is 1. The highest BCUT2D eigenvalue weighted by Crippen LogP contribution is 2.37. The number of hydrogen-bond acceptors (Lipinski definition) is 3. The van der Waals surface area contributed by atoms with Crippen molar-refractivity contribution in [2.24, 2.45) is 0 Å². The van der Waals surface area contributed by atoms with Gasteiger partial charge in [0.15, 0.2) is 6.61 Å². The van der Waals surface area contributed by atoms with Gasteiger partial charge in [-0.05, 0) is 66.3 Å². The SMILES string of the molecule is CCc1ccc(OCC(=O)Nc2ccc3c(c2)N(C(C)=O)c2ccccc2CC3)cc1. The summed E-state index contributed by atoms with van der Waals surface area (Å²) < 4.78 is 5.60. The van der Waals surface area contributed by atoms with Gasteiger partial charge in [-0.15, -0.1) is 0 Å². The highest BCUT2D eigenvalue weighted by molar-refractivity contribution is 6.02. The van der Waals surface area contributed by atoms with Crippen LogP contribution >= 0.6 is 0 Å². The van der Waals surface area contributed by atoms with Gasteiger partial charge in [0.1, 0.15) is 5.75 Å². The average Bonchev–Trinajstić information content (AvgIpc) is 2.94. The lowest BCUT2D eigenvalue weighted by Crippen LogP contribution is -2.24. The van der Waals surface area contributed by atoms with E-state index in [1.807, 2.05) is 60.7 Å². The van der Waals surface area contributed by atoms with E-state index < -0.39 is 0 Å². The molecule has 1 aliphatic heterocycles.